The van der Waals surface area contributed by atoms with Gasteiger partial charge in [0.25, 0.3) is 0 Å². The zero-order chi connectivity index (χ0) is 17.0. The van der Waals surface area contributed by atoms with Gasteiger partial charge in [-0.25, -0.2) is 0 Å². The van der Waals surface area contributed by atoms with Crippen LogP contribution in [0.15, 0.2) is 4.99 Å². The Morgan fingerprint density at radius 2 is 1.70 bits per heavy atom. The molecule has 5 nitrogen and oxygen atoms in total. The maximum Gasteiger partial charge on any atom is 0.222 e. The van der Waals surface area contributed by atoms with Gasteiger partial charge >= 0.3 is 0 Å². The van der Waals surface area contributed by atoms with Crippen molar-refractivity contribution in [3.8, 4) is 0 Å². The van der Waals surface area contributed by atoms with E-state index in [-0.39, 0.29) is 35.9 Å². The van der Waals surface area contributed by atoms with Crippen molar-refractivity contribution < 1.29 is 4.79 Å². The van der Waals surface area contributed by atoms with E-state index in [0.29, 0.717) is 19.0 Å². The number of aliphatic imine (C=N–C) groups is 1. The Hall–Kier alpha value is -0.530. The molecule has 0 spiro atoms. The Morgan fingerprint density at radius 1 is 1.04 bits per heavy atom. The number of rotatable bonds is 10. The van der Waals surface area contributed by atoms with E-state index in [9.17, 15) is 4.79 Å². The first-order chi connectivity index (χ1) is 10.3. The summed E-state index contributed by atoms with van der Waals surface area (Å²) in [7, 11) is 0. The molecule has 0 aromatic heterocycles. The molecule has 0 aromatic carbocycles. The van der Waals surface area contributed by atoms with E-state index < -0.39 is 0 Å². The molecule has 0 aromatic rings. The van der Waals surface area contributed by atoms with Crippen molar-refractivity contribution in [3.63, 3.8) is 0 Å². The maximum absolute atomic E-state index is 11.6. The molecule has 0 rings (SSSR count). The molecule has 0 saturated carbocycles. The summed E-state index contributed by atoms with van der Waals surface area (Å²) < 4.78 is 0. The lowest BCUT2D eigenvalue weighted by Gasteiger charge is -2.18. The number of guanidine groups is 1. The number of hydrogen-bond acceptors (Lipinski definition) is 2. The highest BCUT2D eigenvalue weighted by Gasteiger charge is 2.07. The number of halogens is 1. The predicted octanol–water partition coefficient (Wildman–Crippen LogP) is 3.29. The zero-order valence-electron chi connectivity index (χ0n) is 15.7. The molecule has 1 amide bonds. The maximum atomic E-state index is 11.6. The molecule has 0 aliphatic heterocycles. The van der Waals surface area contributed by atoms with Gasteiger partial charge in [0, 0.05) is 25.0 Å². The largest absolute Gasteiger partial charge is 0.357 e. The first-order valence-electron chi connectivity index (χ1n) is 8.69. The summed E-state index contributed by atoms with van der Waals surface area (Å²) in [4.78, 5) is 16.1. The van der Waals surface area contributed by atoms with Gasteiger partial charge in [0.15, 0.2) is 5.96 Å². The second kappa shape index (κ2) is 15.0. The highest BCUT2D eigenvalue weighted by Crippen LogP contribution is 2.08. The van der Waals surface area contributed by atoms with Crippen LogP contribution in [0.5, 0.6) is 0 Å². The van der Waals surface area contributed by atoms with Crippen molar-refractivity contribution >= 4 is 35.8 Å². The fraction of sp³-hybridized carbons (Fsp3) is 0.882. The molecule has 0 aliphatic rings. The van der Waals surface area contributed by atoms with E-state index in [1.54, 1.807) is 0 Å². The summed E-state index contributed by atoms with van der Waals surface area (Å²) in [5.74, 6) is 1.62. The fourth-order valence-electron chi connectivity index (χ4n) is 2.12. The molecule has 138 valence electrons. The number of carbonyl (C=O) groups is 1. The molecule has 0 radical (unpaired) electrons. The second-order valence-electron chi connectivity index (χ2n) is 6.60. The van der Waals surface area contributed by atoms with Crippen LogP contribution < -0.4 is 16.0 Å². The van der Waals surface area contributed by atoms with Gasteiger partial charge in [0.05, 0.1) is 6.54 Å². The summed E-state index contributed by atoms with van der Waals surface area (Å²) >= 11 is 0. The van der Waals surface area contributed by atoms with Gasteiger partial charge in [-0.1, -0.05) is 26.7 Å². The lowest BCUT2D eigenvalue weighted by molar-refractivity contribution is -0.121. The normalized spacial score (nSPS) is 12.8. The summed E-state index contributed by atoms with van der Waals surface area (Å²) in [6.07, 6.45) is 4.05. The molecule has 3 N–H and O–H groups in total. The number of hydrogen-bond donors (Lipinski definition) is 3. The molecule has 0 bridgehead atoms. The summed E-state index contributed by atoms with van der Waals surface area (Å²) in [6.45, 7) is 14.0. The van der Waals surface area contributed by atoms with Crippen molar-refractivity contribution in [1.29, 1.82) is 0 Å². The fourth-order valence-corrected chi connectivity index (χ4v) is 2.12. The SMILES string of the molecule is CCNC(=NCCC(=O)NC(C)C)NC(C)CCCC(C)C.I. The van der Waals surface area contributed by atoms with Gasteiger partial charge in [-0.2, -0.15) is 0 Å². The van der Waals surface area contributed by atoms with E-state index in [1.807, 2.05) is 20.8 Å². The number of amides is 1. The van der Waals surface area contributed by atoms with E-state index in [2.05, 4.69) is 41.7 Å². The van der Waals surface area contributed by atoms with E-state index in [1.165, 1.54) is 12.8 Å². The van der Waals surface area contributed by atoms with E-state index >= 15 is 0 Å². The minimum absolute atomic E-state index is 0. The zero-order valence-corrected chi connectivity index (χ0v) is 18.1. The summed E-state index contributed by atoms with van der Waals surface area (Å²) in [6, 6.07) is 0.574. The molecule has 1 unspecified atom stereocenters. The third-order valence-electron chi connectivity index (χ3n) is 3.20. The van der Waals surface area contributed by atoms with Crippen LogP contribution in [0, 0.1) is 5.92 Å². The third-order valence-corrected chi connectivity index (χ3v) is 3.20. The molecule has 6 heteroatoms. The molecule has 0 saturated heterocycles. The van der Waals surface area contributed by atoms with Crippen LogP contribution in [0.3, 0.4) is 0 Å². The van der Waals surface area contributed by atoms with Gasteiger partial charge in [-0.05, 0) is 40.0 Å². The van der Waals surface area contributed by atoms with Crippen molar-refractivity contribution in [1.82, 2.24) is 16.0 Å². The Bertz CT molecular complexity index is 333. The number of nitrogens with zero attached hydrogens (tertiary/aromatic N) is 1. The van der Waals surface area contributed by atoms with Crippen molar-refractivity contribution in [3.05, 3.63) is 0 Å². The van der Waals surface area contributed by atoms with E-state index in [4.69, 9.17) is 0 Å². The summed E-state index contributed by atoms with van der Waals surface area (Å²) in [5.41, 5.74) is 0. The first kappa shape index (κ1) is 24.7. The second-order valence-corrected chi connectivity index (χ2v) is 6.60. The lowest BCUT2D eigenvalue weighted by atomic mass is 10.0. The minimum Gasteiger partial charge on any atom is -0.357 e. The van der Waals surface area contributed by atoms with Crippen LogP contribution >= 0.6 is 24.0 Å². The van der Waals surface area contributed by atoms with E-state index in [0.717, 1.165) is 24.8 Å². The van der Waals surface area contributed by atoms with Gasteiger partial charge in [-0.15, -0.1) is 24.0 Å². The van der Waals surface area contributed by atoms with Crippen LogP contribution in [0.1, 0.15) is 67.2 Å². The average molecular weight is 440 g/mol. The monoisotopic (exact) mass is 440 g/mol. The van der Waals surface area contributed by atoms with Crippen LogP contribution in [0.2, 0.25) is 0 Å². The Kier molecular flexibility index (Phi) is 16.1. The standard InChI is InChI=1S/C17H36N4O.HI/c1-7-18-17(19-12-11-16(22)20-14(4)5)21-15(6)10-8-9-13(2)3;/h13-15H,7-12H2,1-6H3,(H,20,22)(H2,18,19,21);1H. The Morgan fingerprint density at radius 3 is 2.22 bits per heavy atom. The lowest BCUT2D eigenvalue weighted by Crippen LogP contribution is -2.42. The quantitative estimate of drug-likeness (QED) is 0.278. The molecular formula is C17H37IN4O. The Labute approximate surface area is 159 Å². The number of carbonyl (C=O) groups excluding carboxylic acids is 1. The Balaban J connectivity index is 0. The minimum atomic E-state index is 0. The molecular weight excluding hydrogens is 403 g/mol. The number of nitrogens with one attached hydrogen (secondary N) is 3. The third kappa shape index (κ3) is 16.1. The van der Waals surface area contributed by atoms with Crippen molar-refractivity contribution in [2.45, 2.75) is 79.3 Å². The highest BCUT2D eigenvalue weighted by molar-refractivity contribution is 14.0. The average Bonchev–Trinajstić information content (AvgIpc) is 2.37. The van der Waals surface area contributed by atoms with Gasteiger partial charge < -0.3 is 16.0 Å². The topological polar surface area (TPSA) is 65.5 Å². The first-order valence-corrected chi connectivity index (χ1v) is 8.69. The molecule has 1 atom stereocenters. The van der Waals surface area contributed by atoms with Crippen molar-refractivity contribution in [2.75, 3.05) is 13.1 Å². The van der Waals surface area contributed by atoms with Crippen LogP contribution in [0.25, 0.3) is 0 Å². The smallest absolute Gasteiger partial charge is 0.222 e. The van der Waals surface area contributed by atoms with Crippen LogP contribution in [-0.4, -0.2) is 37.0 Å². The molecule has 0 aliphatic carbocycles. The molecule has 0 fully saturated rings. The van der Waals surface area contributed by atoms with Gasteiger partial charge in [0.1, 0.15) is 0 Å². The molecule has 0 heterocycles. The van der Waals surface area contributed by atoms with Gasteiger partial charge in [0.2, 0.25) is 5.91 Å². The predicted molar refractivity (Wildman–Crippen MR) is 111 cm³/mol. The molecule has 23 heavy (non-hydrogen) atoms. The summed E-state index contributed by atoms with van der Waals surface area (Å²) in [5, 5.41) is 9.53. The van der Waals surface area contributed by atoms with Crippen LogP contribution in [-0.2, 0) is 4.79 Å². The van der Waals surface area contributed by atoms with Crippen LogP contribution in [0.4, 0.5) is 0 Å². The van der Waals surface area contributed by atoms with Crippen molar-refractivity contribution in [2.24, 2.45) is 10.9 Å². The highest BCUT2D eigenvalue weighted by atomic mass is 127. The van der Waals surface area contributed by atoms with Gasteiger partial charge in [-0.3, -0.25) is 9.79 Å².